The van der Waals surface area contributed by atoms with Gasteiger partial charge in [-0.05, 0) is 38.5 Å². The largest absolute Gasteiger partial charge is 0.472 e. The topological polar surface area (TPSA) is 134 Å². The monoisotopic (exact) mass is 956 g/mol. The fourth-order valence-electron chi connectivity index (χ4n) is 8.63. The molecule has 0 rings (SSSR count). The highest BCUT2D eigenvalue weighted by Gasteiger charge is 2.26. The summed E-state index contributed by atoms with van der Waals surface area (Å²) >= 11 is 0. The summed E-state index contributed by atoms with van der Waals surface area (Å²) < 4.78 is 33.0. The summed E-state index contributed by atoms with van der Waals surface area (Å²) in [6, 6.07) is 0. The van der Waals surface area contributed by atoms with Crippen LogP contribution in [0.2, 0.25) is 0 Å². The number of esters is 2. The lowest BCUT2D eigenvalue weighted by molar-refractivity contribution is -0.161. The predicted molar refractivity (Wildman–Crippen MR) is 280 cm³/mol. The molecule has 0 aliphatic heterocycles. The van der Waals surface area contributed by atoms with E-state index in [2.05, 4.69) is 26.0 Å². The van der Waals surface area contributed by atoms with Crippen molar-refractivity contribution in [2.24, 2.45) is 5.73 Å². The molecule has 0 aliphatic carbocycles. The van der Waals surface area contributed by atoms with Gasteiger partial charge >= 0.3 is 19.8 Å². The SMILES string of the molecule is CCCCCCCCCC/C=C\CCCCCCCCCCCCCC(=O)OC(COC(=O)CCCCCCCCCCCCCCCCCCCCCCCC)COP(=O)(O)OCCN. The molecule has 2 unspecified atom stereocenters. The number of ether oxygens (including phenoxy) is 2. The van der Waals surface area contributed by atoms with Gasteiger partial charge in [-0.25, -0.2) is 4.57 Å². The minimum Gasteiger partial charge on any atom is -0.462 e. The molecule has 3 N–H and O–H groups in total. The molecule has 0 bridgehead atoms. The van der Waals surface area contributed by atoms with Crippen LogP contribution in [0.5, 0.6) is 0 Å². The number of hydrogen-bond donors (Lipinski definition) is 2. The molecule has 0 radical (unpaired) electrons. The van der Waals surface area contributed by atoms with Crippen LogP contribution in [0.1, 0.15) is 303 Å². The zero-order chi connectivity index (χ0) is 48.1. The maximum atomic E-state index is 12.7. The zero-order valence-electron chi connectivity index (χ0n) is 43.7. The van der Waals surface area contributed by atoms with E-state index >= 15 is 0 Å². The Morgan fingerprint density at radius 3 is 1.08 bits per heavy atom. The average molecular weight is 956 g/mol. The first-order valence-electron chi connectivity index (χ1n) is 28.7. The number of phosphoric acid groups is 1. The molecule has 0 amide bonds. The fraction of sp³-hybridized carbons (Fsp3) is 0.929. The third-order valence-corrected chi connectivity index (χ3v) is 13.9. The second-order valence-electron chi connectivity index (χ2n) is 19.5. The number of unbranched alkanes of at least 4 members (excludes halogenated alkanes) is 40. The smallest absolute Gasteiger partial charge is 0.462 e. The first kappa shape index (κ1) is 64.8. The van der Waals surface area contributed by atoms with Crippen molar-refractivity contribution in [2.75, 3.05) is 26.4 Å². The molecule has 9 nitrogen and oxygen atoms in total. The number of hydrogen-bond acceptors (Lipinski definition) is 8. The summed E-state index contributed by atoms with van der Waals surface area (Å²) in [5.74, 6) is -0.808. The Balaban J connectivity index is 3.94. The van der Waals surface area contributed by atoms with E-state index in [9.17, 15) is 19.0 Å². The first-order chi connectivity index (χ1) is 32.3. The molecule has 392 valence electrons. The van der Waals surface area contributed by atoms with Crippen LogP contribution in [0.25, 0.3) is 0 Å². The molecular weight excluding hydrogens is 846 g/mol. The fourth-order valence-corrected chi connectivity index (χ4v) is 9.40. The van der Waals surface area contributed by atoms with Crippen LogP contribution in [0.3, 0.4) is 0 Å². The molecule has 0 aromatic carbocycles. The van der Waals surface area contributed by atoms with Gasteiger partial charge in [-0.1, -0.05) is 264 Å². The summed E-state index contributed by atoms with van der Waals surface area (Å²) in [4.78, 5) is 35.2. The normalized spacial score (nSPS) is 13.1. The molecule has 66 heavy (non-hydrogen) atoms. The summed E-state index contributed by atoms with van der Waals surface area (Å²) in [5.41, 5.74) is 5.38. The van der Waals surface area contributed by atoms with Crippen molar-refractivity contribution in [3.8, 4) is 0 Å². The van der Waals surface area contributed by atoms with Crippen molar-refractivity contribution in [3.63, 3.8) is 0 Å². The molecule has 0 spiro atoms. The third-order valence-electron chi connectivity index (χ3n) is 12.9. The second kappa shape index (κ2) is 53.1. The molecule has 0 aromatic rings. The van der Waals surface area contributed by atoms with Gasteiger partial charge in [0.2, 0.25) is 0 Å². The van der Waals surface area contributed by atoms with Crippen LogP contribution < -0.4 is 5.73 Å². The van der Waals surface area contributed by atoms with E-state index < -0.39 is 26.5 Å². The van der Waals surface area contributed by atoms with Gasteiger partial charge in [0.05, 0.1) is 13.2 Å². The Morgan fingerprint density at radius 1 is 0.439 bits per heavy atom. The molecule has 2 atom stereocenters. The molecular formula is C56H110NO8P. The van der Waals surface area contributed by atoms with Gasteiger partial charge in [-0.3, -0.25) is 18.6 Å². The van der Waals surface area contributed by atoms with Gasteiger partial charge < -0.3 is 20.1 Å². The van der Waals surface area contributed by atoms with Crippen LogP contribution in [0.4, 0.5) is 0 Å². The van der Waals surface area contributed by atoms with Crippen molar-refractivity contribution >= 4 is 19.8 Å². The van der Waals surface area contributed by atoms with Crippen molar-refractivity contribution < 1.29 is 37.6 Å². The quantitative estimate of drug-likeness (QED) is 0.0264. The molecule has 0 saturated carbocycles. The standard InChI is InChI=1S/C56H110NO8P/c1-3-5-7-9-11-13-15-17-19-21-23-25-27-29-31-33-35-37-39-41-43-45-47-49-56(59)65-54(53-64-66(60,61)63-51-50-57)52-62-55(58)48-46-44-42-40-38-36-34-32-30-28-26-24-22-20-18-16-14-12-10-8-6-4-2/h21,23,54H,3-20,22,24-53,57H2,1-2H3,(H,60,61)/b23-21-. The highest BCUT2D eigenvalue weighted by atomic mass is 31.2. The number of nitrogens with two attached hydrogens (primary N) is 1. The Labute approximate surface area is 409 Å². The predicted octanol–water partition coefficient (Wildman–Crippen LogP) is 17.7. The molecule has 0 fully saturated rings. The summed E-state index contributed by atoms with van der Waals surface area (Å²) in [6.45, 7) is 3.81. The average Bonchev–Trinajstić information content (AvgIpc) is 3.31. The Bertz CT molecular complexity index is 1090. The van der Waals surface area contributed by atoms with Gasteiger partial charge in [-0.15, -0.1) is 0 Å². The van der Waals surface area contributed by atoms with Gasteiger partial charge in [0, 0.05) is 19.4 Å². The lowest BCUT2D eigenvalue weighted by Crippen LogP contribution is -2.29. The second-order valence-corrected chi connectivity index (χ2v) is 21.0. The Hall–Kier alpha value is -1.25. The van der Waals surface area contributed by atoms with Crippen LogP contribution in [-0.2, 0) is 32.7 Å². The van der Waals surface area contributed by atoms with E-state index in [1.165, 1.54) is 238 Å². The summed E-state index contributed by atoms with van der Waals surface area (Å²) in [5, 5.41) is 0. The number of rotatable bonds is 55. The number of phosphoric ester groups is 1. The highest BCUT2D eigenvalue weighted by Crippen LogP contribution is 2.43. The van der Waals surface area contributed by atoms with E-state index in [0.717, 1.165) is 32.1 Å². The van der Waals surface area contributed by atoms with Gasteiger partial charge in [-0.2, -0.15) is 0 Å². The third kappa shape index (κ3) is 52.1. The van der Waals surface area contributed by atoms with Crippen molar-refractivity contribution in [1.29, 1.82) is 0 Å². The van der Waals surface area contributed by atoms with Crippen molar-refractivity contribution in [1.82, 2.24) is 0 Å². The van der Waals surface area contributed by atoms with Gasteiger partial charge in [0.25, 0.3) is 0 Å². The molecule has 0 aliphatic rings. The highest BCUT2D eigenvalue weighted by molar-refractivity contribution is 7.47. The molecule has 10 heteroatoms. The van der Waals surface area contributed by atoms with E-state index in [4.69, 9.17) is 24.3 Å². The Kier molecular flexibility index (Phi) is 52.1. The van der Waals surface area contributed by atoms with Crippen LogP contribution >= 0.6 is 7.82 Å². The molecule has 0 aromatic heterocycles. The lowest BCUT2D eigenvalue weighted by atomic mass is 10.0. The van der Waals surface area contributed by atoms with E-state index in [0.29, 0.717) is 6.42 Å². The van der Waals surface area contributed by atoms with Crippen molar-refractivity contribution in [2.45, 2.75) is 309 Å². The van der Waals surface area contributed by atoms with E-state index in [1.807, 2.05) is 0 Å². The lowest BCUT2D eigenvalue weighted by Gasteiger charge is -2.19. The van der Waals surface area contributed by atoms with Crippen LogP contribution in [0, 0.1) is 0 Å². The Morgan fingerprint density at radius 2 is 0.742 bits per heavy atom. The molecule has 0 heterocycles. The molecule has 0 saturated heterocycles. The number of carbonyl (C=O) groups is 2. The number of carbonyl (C=O) groups excluding carboxylic acids is 2. The van der Waals surface area contributed by atoms with Gasteiger partial charge in [0.15, 0.2) is 6.10 Å². The summed E-state index contributed by atoms with van der Waals surface area (Å²) in [7, 11) is -4.38. The zero-order valence-corrected chi connectivity index (χ0v) is 44.6. The van der Waals surface area contributed by atoms with Gasteiger partial charge in [0.1, 0.15) is 6.61 Å². The maximum Gasteiger partial charge on any atom is 0.472 e. The summed E-state index contributed by atoms with van der Waals surface area (Å²) in [6.07, 6.45) is 59.8. The number of allylic oxidation sites excluding steroid dienone is 2. The first-order valence-corrected chi connectivity index (χ1v) is 30.2. The van der Waals surface area contributed by atoms with E-state index in [1.54, 1.807) is 0 Å². The van der Waals surface area contributed by atoms with Crippen LogP contribution in [-0.4, -0.2) is 49.3 Å². The van der Waals surface area contributed by atoms with Crippen LogP contribution in [0.15, 0.2) is 12.2 Å². The minimum absolute atomic E-state index is 0.0568. The maximum absolute atomic E-state index is 12.7. The minimum atomic E-state index is -4.38. The van der Waals surface area contributed by atoms with E-state index in [-0.39, 0.29) is 38.6 Å². The van der Waals surface area contributed by atoms with Crippen molar-refractivity contribution in [3.05, 3.63) is 12.2 Å².